The Hall–Kier alpha value is -0.320. The van der Waals surface area contributed by atoms with Crippen molar-refractivity contribution in [2.24, 2.45) is 0 Å². The third kappa shape index (κ3) is 3.82. The van der Waals surface area contributed by atoms with Crippen molar-refractivity contribution in [2.45, 2.75) is 0 Å². The van der Waals surface area contributed by atoms with Crippen LogP contribution in [0.15, 0.2) is 33.2 Å². The predicted octanol–water partition coefficient (Wildman–Crippen LogP) is 3.92. The molecule has 0 spiro atoms. The van der Waals surface area contributed by atoms with E-state index in [-0.39, 0.29) is 0 Å². The number of carbonyl (C=O) groups is 1. The van der Waals surface area contributed by atoms with Crippen LogP contribution in [-0.4, -0.2) is 5.97 Å². The summed E-state index contributed by atoms with van der Waals surface area (Å²) in [5.41, 5.74) is 0.869. The lowest BCUT2D eigenvalue weighted by atomic mass is 10.2. The summed E-state index contributed by atoms with van der Waals surface area (Å²) in [7, 11) is 0. The van der Waals surface area contributed by atoms with Crippen LogP contribution in [0.3, 0.4) is 0 Å². The Morgan fingerprint density at radius 3 is 2.36 bits per heavy atom. The molecule has 0 atom stereocenters. The molecule has 1 aromatic carbocycles. The average Bonchev–Trinajstić information content (AvgIpc) is 2.12. The third-order valence-corrected chi connectivity index (χ3v) is 2.44. The number of carbonyl (C=O) groups excluding carboxylic acids is 1. The molecule has 0 radical (unpaired) electrons. The summed E-state index contributed by atoms with van der Waals surface area (Å²) in [6.45, 7) is 0. The molecule has 0 N–H and O–H groups in total. The monoisotopic (exact) mass is 338 g/mol. The van der Waals surface area contributed by atoms with Crippen molar-refractivity contribution in [3.63, 3.8) is 0 Å². The van der Waals surface area contributed by atoms with E-state index < -0.39 is 5.97 Å². The van der Waals surface area contributed by atoms with Gasteiger partial charge in [0.15, 0.2) is 0 Å². The van der Waals surface area contributed by atoms with Crippen LogP contribution in [0.5, 0.6) is 0 Å². The van der Waals surface area contributed by atoms with Gasteiger partial charge in [-0.15, -0.1) is 0 Å². The molecule has 0 aliphatic rings. The molecule has 0 amide bonds. The standard InChI is InChI=1S/C9H5Br2ClO2/c10-7-3-6(4-8(11)5-7)1-2-9(13)14-12/h1-5H/b2-1+. The zero-order valence-electron chi connectivity index (χ0n) is 6.84. The molecule has 1 rings (SSSR count). The lowest BCUT2D eigenvalue weighted by molar-refractivity contribution is -0.128. The minimum atomic E-state index is -0.595. The molecule has 0 fully saturated rings. The fourth-order valence-corrected chi connectivity index (χ4v) is 2.24. The summed E-state index contributed by atoms with van der Waals surface area (Å²) >= 11 is 11.5. The molecule has 74 valence electrons. The highest BCUT2D eigenvalue weighted by molar-refractivity contribution is 9.11. The molecule has 0 saturated carbocycles. The summed E-state index contributed by atoms with van der Waals surface area (Å²) in [4.78, 5) is 10.7. The Morgan fingerprint density at radius 2 is 1.86 bits per heavy atom. The Morgan fingerprint density at radius 1 is 1.29 bits per heavy atom. The summed E-state index contributed by atoms with van der Waals surface area (Å²) < 4.78 is 5.80. The van der Waals surface area contributed by atoms with E-state index in [9.17, 15) is 4.79 Å². The molecular weight excluding hydrogens is 335 g/mol. The van der Waals surface area contributed by atoms with Crippen LogP contribution < -0.4 is 0 Å². The Kier molecular flexibility index (Phi) is 4.65. The first-order valence-corrected chi connectivity index (χ1v) is 5.48. The number of hydrogen-bond donors (Lipinski definition) is 0. The van der Waals surface area contributed by atoms with Gasteiger partial charge in [-0.2, -0.15) is 0 Å². The second-order valence-corrected chi connectivity index (χ2v) is 4.42. The maximum atomic E-state index is 10.7. The van der Waals surface area contributed by atoms with Gasteiger partial charge in [-0.25, -0.2) is 4.79 Å². The van der Waals surface area contributed by atoms with Crippen molar-refractivity contribution in [1.29, 1.82) is 0 Å². The third-order valence-electron chi connectivity index (χ3n) is 1.37. The van der Waals surface area contributed by atoms with Crippen LogP contribution in [0.1, 0.15) is 5.56 Å². The van der Waals surface area contributed by atoms with Gasteiger partial charge in [0, 0.05) is 15.0 Å². The molecule has 0 unspecified atom stereocenters. The van der Waals surface area contributed by atoms with E-state index in [1.165, 1.54) is 6.08 Å². The average molecular weight is 340 g/mol. The molecule has 14 heavy (non-hydrogen) atoms. The van der Waals surface area contributed by atoms with Crippen molar-refractivity contribution >= 4 is 55.8 Å². The Labute approximate surface area is 103 Å². The molecule has 0 bridgehead atoms. The Balaban J connectivity index is 2.86. The molecule has 2 nitrogen and oxygen atoms in total. The van der Waals surface area contributed by atoms with E-state index >= 15 is 0 Å². The van der Waals surface area contributed by atoms with Crippen molar-refractivity contribution in [3.8, 4) is 0 Å². The predicted molar refractivity (Wildman–Crippen MR) is 62.8 cm³/mol. The molecule has 0 saturated heterocycles. The first-order chi connectivity index (χ1) is 6.61. The van der Waals surface area contributed by atoms with Crippen molar-refractivity contribution in [3.05, 3.63) is 38.8 Å². The molecular formula is C9H5Br2ClO2. The largest absolute Gasteiger partial charge is 0.349 e. The number of rotatable bonds is 2. The first-order valence-electron chi connectivity index (χ1n) is 3.58. The molecule has 5 heteroatoms. The fourth-order valence-electron chi connectivity index (χ4n) is 0.861. The molecule has 0 aromatic heterocycles. The van der Waals surface area contributed by atoms with E-state index in [0.717, 1.165) is 14.5 Å². The summed E-state index contributed by atoms with van der Waals surface area (Å²) in [5.74, 6) is -0.595. The van der Waals surface area contributed by atoms with Gasteiger partial charge in [0.1, 0.15) is 11.9 Å². The van der Waals surface area contributed by atoms with E-state index in [4.69, 9.17) is 11.9 Å². The lowest BCUT2D eigenvalue weighted by Gasteiger charge is -1.96. The quantitative estimate of drug-likeness (QED) is 0.763. The normalized spacial score (nSPS) is 10.5. The zero-order chi connectivity index (χ0) is 10.6. The van der Waals surface area contributed by atoms with Gasteiger partial charge in [0.2, 0.25) is 0 Å². The van der Waals surface area contributed by atoms with Crippen LogP contribution in [0.4, 0.5) is 0 Å². The van der Waals surface area contributed by atoms with Crippen LogP contribution in [0.2, 0.25) is 0 Å². The van der Waals surface area contributed by atoms with E-state index in [1.807, 2.05) is 18.2 Å². The first kappa shape index (κ1) is 11.8. The maximum absolute atomic E-state index is 10.7. The molecule has 0 heterocycles. The summed E-state index contributed by atoms with van der Waals surface area (Å²) in [6, 6.07) is 5.63. The van der Waals surface area contributed by atoms with Gasteiger partial charge < -0.3 is 4.29 Å². The Bertz CT molecular complexity index is 357. The molecule has 0 aliphatic heterocycles. The van der Waals surface area contributed by atoms with Crippen molar-refractivity contribution in [2.75, 3.05) is 0 Å². The van der Waals surface area contributed by atoms with Crippen molar-refractivity contribution in [1.82, 2.24) is 0 Å². The zero-order valence-corrected chi connectivity index (χ0v) is 10.8. The van der Waals surface area contributed by atoms with Gasteiger partial charge in [0.25, 0.3) is 0 Å². The topological polar surface area (TPSA) is 26.3 Å². The number of benzene rings is 1. The van der Waals surface area contributed by atoms with Crippen LogP contribution in [0.25, 0.3) is 6.08 Å². The highest BCUT2D eigenvalue weighted by Crippen LogP contribution is 2.20. The minimum absolute atomic E-state index is 0.595. The summed E-state index contributed by atoms with van der Waals surface area (Å²) in [6.07, 6.45) is 2.86. The van der Waals surface area contributed by atoms with Crippen LogP contribution >= 0.6 is 43.7 Å². The fraction of sp³-hybridized carbons (Fsp3) is 0. The van der Waals surface area contributed by atoms with Gasteiger partial charge in [-0.05, 0) is 29.8 Å². The van der Waals surface area contributed by atoms with Gasteiger partial charge >= 0.3 is 5.97 Å². The second kappa shape index (κ2) is 5.53. The van der Waals surface area contributed by atoms with Gasteiger partial charge in [-0.1, -0.05) is 31.9 Å². The molecule has 0 aliphatic carbocycles. The highest BCUT2D eigenvalue weighted by atomic mass is 79.9. The SMILES string of the molecule is O=C(/C=C/c1cc(Br)cc(Br)c1)OCl. The number of halogens is 3. The van der Waals surface area contributed by atoms with Crippen LogP contribution in [-0.2, 0) is 9.08 Å². The maximum Gasteiger partial charge on any atom is 0.349 e. The highest BCUT2D eigenvalue weighted by Gasteiger charge is 1.96. The smallest absolute Gasteiger partial charge is 0.344 e. The number of hydrogen-bond acceptors (Lipinski definition) is 2. The summed E-state index contributed by atoms with van der Waals surface area (Å²) in [5, 5.41) is 0. The van der Waals surface area contributed by atoms with E-state index in [1.54, 1.807) is 6.08 Å². The van der Waals surface area contributed by atoms with Crippen molar-refractivity contribution < 1.29 is 9.08 Å². The minimum Gasteiger partial charge on any atom is -0.344 e. The van der Waals surface area contributed by atoms with Gasteiger partial charge in [-0.3, -0.25) is 0 Å². The van der Waals surface area contributed by atoms with Gasteiger partial charge in [0.05, 0.1) is 0 Å². The van der Waals surface area contributed by atoms with Crippen LogP contribution in [0, 0.1) is 0 Å². The lowest BCUT2D eigenvalue weighted by Crippen LogP contribution is -1.88. The molecule has 1 aromatic rings. The van der Waals surface area contributed by atoms with E-state index in [0.29, 0.717) is 0 Å². The second-order valence-electron chi connectivity index (χ2n) is 2.43. The van der Waals surface area contributed by atoms with E-state index in [2.05, 4.69) is 36.1 Å².